The second kappa shape index (κ2) is 6.24. The van der Waals surface area contributed by atoms with Gasteiger partial charge in [-0.2, -0.15) is 0 Å². The Balaban J connectivity index is 1.76. The molecule has 98 valence electrons. The molecule has 0 aromatic heterocycles. The number of urea groups is 1. The van der Waals surface area contributed by atoms with Crippen LogP contribution in [-0.2, 0) is 0 Å². The molecule has 2 aliphatic rings. The first-order valence-electron chi connectivity index (χ1n) is 6.96. The van der Waals surface area contributed by atoms with Crippen molar-refractivity contribution < 1.29 is 9.90 Å². The van der Waals surface area contributed by atoms with Gasteiger partial charge in [-0.1, -0.05) is 25.7 Å². The lowest BCUT2D eigenvalue weighted by molar-refractivity contribution is 0.194. The van der Waals surface area contributed by atoms with Crippen molar-refractivity contribution in [2.24, 2.45) is 5.92 Å². The summed E-state index contributed by atoms with van der Waals surface area (Å²) in [5.41, 5.74) is 0. The van der Waals surface area contributed by atoms with E-state index in [9.17, 15) is 4.79 Å². The van der Waals surface area contributed by atoms with E-state index in [4.69, 9.17) is 5.11 Å². The number of nitrogens with one attached hydrogen (secondary N) is 1. The lowest BCUT2D eigenvalue weighted by atomic mass is 10.1. The van der Waals surface area contributed by atoms with Gasteiger partial charge in [0.05, 0.1) is 0 Å². The molecule has 0 bridgehead atoms. The molecule has 4 heteroatoms. The Morgan fingerprint density at radius 3 is 2.47 bits per heavy atom. The van der Waals surface area contributed by atoms with Crippen LogP contribution in [0.2, 0.25) is 0 Å². The maximum absolute atomic E-state index is 12.0. The van der Waals surface area contributed by atoms with Crippen molar-refractivity contribution >= 4 is 6.03 Å². The summed E-state index contributed by atoms with van der Waals surface area (Å²) < 4.78 is 0. The molecule has 1 heterocycles. The van der Waals surface area contributed by atoms with Crippen molar-refractivity contribution in [1.29, 1.82) is 0 Å². The maximum atomic E-state index is 12.0. The number of aliphatic hydroxyl groups excluding tert-OH is 1. The zero-order valence-corrected chi connectivity index (χ0v) is 10.5. The molecule has 2 N–H and O–H groups in total. The highest BCUT2D eigenvalue weighted by Gasteiger charge is 2.26. The van der Waals surface area contributed by atoms with Gasteiger partial charge < -0.3 is 15.3 Å². The smallest absolute Gasteiger partial charge is 0.317 e. The molecule has 0 spiro atoms. The topological polar surface area (TPSA) is 52.6 Å². The molecule has 1 saturated carbocycles. The van der Waals surface area contributed by atoms with E-state index in [1.54, 1.807) is 0 Å². The van der Waals surface area contributed by atoms with Crippen molar-refractivity contribution in [3.63, 3.8) is 0 Å². The Bertz CT molecular complexity index is 250. The molecule has 2 amide bonds. The van der Waals surface area contributed by atoms with Gasteiger partial charge in [-0.05, 0) is 19.3 Å². The van der Waals surface area contributed by atoms with Crippen LogP contribution in [0.5, 0.6) is 0 Å². The molecule has 1 saturated heterocycles. The van der Waals surface area contributed by atoms with Gasteiger partial charge in [0.2, 0.25) is 0 Å². The van der Waals surface area contributed by atoms with E-state index >= 15 is 0 Å². The molecule has 0 aromatic carbocycles. The fraction of sp³-hybridized carbons (Fsp3) is 0.923. The summed E-state index contributed by atoms with van der Waals surface area (Å²) in [7, 11) is 0. The molecule has 1 atom stereocenters. The summed E-state index contributed by atoms with van der Waals surface area (Å²) in [5, 5.41) is 12.2. The molecular formula is C13H24N2O2. The zero-order chi connectivity index (χ0) is 12.1. The second-order valence-electron chi connectivity index (χ2n) is 5.42. The molecule has 0 aromatic rings. The van der Waals surface area contributed by atoms with Gasteiger partial charge in [0.1, 0.15) is 0 Å². The van der Waals surface area contributed by atoms with E-state index in [1.165, 1.54) is 25.7 Å². The lowest BCUT2D eigenvalue weighted by Gasteiger charge is -2.22. The van der Waals surface area contributed by atoms with E-state index < -0.39 is 0 Å². The summed E-state index contributed by atoms with van der Waals surface area (Å²) in [6.07, 6.45) is 8.29. The van der Waals surface area contributed by atoms with Crippen LogP contribution in [0.15, 0.2) is 0 Å². The molecule has 2 rings (SSSR count). The molecule has 0 radical (unpaired) electrons. The minimum atomic E-state index is 0.0767. The van der Waals surface area contributed by atoms with Gasteiger partial charge in [-0.25, -0.2) is 4.79 Å². The number of carbonyl (C=O) groups excluding carboxylic acids is 1. The predicted molar refractivity (Wildman–Crippen MR) is 66.8 cm³/mol. The minimum absolute atomic E-state index is 0.0767. The minimum Gasteiger partial charge on any atom is -0.396 e. The molecule has 2 fully saturated rings. The Hall–Kier alpha value is -0.770. The third kappa shape index (κ3) is 3.60. The third-order valence-corrected chi connectivity index (χ3v) is 4.01. The van der Waals surface area contributed by atoms with Gasteiger partial charge in [-0.3, -0.25) is 0 Å². The van der Waals surface area contributed by atoms with Crippen molar-refractivity contribution in [3.05, 3.63) is 0 Å². The summed E-state index contributed by atoms with van der Waals surface area (Å²) in [6, 6.07) is 0.450. The van der Waals surface area contributed by atoms with E-state index in [2.05, 4.69) is 5.32 Å². The zero-order valence-electron chi connectivity index (χ0n) is 10.5. The second-order valence-corrected chi connectivity index (χ2v) is 5.42. The van der Waals surface area contributed by atoms with Gasteiger partial charge >= 0.3 is 6.03 Å². The van der Waals surface area contributed by atoms with Gasteiger partial charge in [0.25, 0.3) is 0 Å². The van der Waals surface area contributed by atoms with Crippen molar-refractivity contribution in [2.75, 3.05) is 19.7 Å². The summed E-state index contributed by atoms with van der Waals surface area (Å²) in [6.45, 7) is 1.71. The number of likely N-dealkylation sites (tertiary alicyclic amines) is 1. The number of hydrogen-bond acceptors (Lipinski definition) is 2. The van der Waals surface area contributed by atoms with Crippen LogP contribution in [0, 0.1) is 5.92 Å². The highest BCUT2D eigenvalue weighted by atomic mass is 16.3. The largest absolute Gasteiger partial charge is 0.396 e. The Morgan fingerprint density at radius 1 is 1.18 bits per heavy atom. The van der Waals surface area contributed by atoms with Crippen LogP contribution >= 0.6 is 0 Å². The quantitative estimate of drug-likeness (QED) is 0.722. The number of carbonyl (C=O) groups is 1. The average molecular weight is 240 g/mol. The first kappa shape index (κ1) is 12.7. The highest BCUT2D eigenvalue weighted by molar-refractivity contribution is 5.74. The molecule has 1 aliphatic carbocycles. The van der Waals surface area contributed by atoms with Gasteiger partial charge in [0, 0.05) is 31.7 Å². The summed E-state index contributed by atoms with van der Waals surface area (Å²) in [5.74, 6) is 0.287. The van der Waals surface area contributed by atoms with Crippen LogP contribution in [0.4, 0.5) is 4.79 Å². The first-order chi connectivity index (χ1) is 8.29. The Morgan fingerprint density at radius 2 is 1.88 bits per heavy atom. The molecule has 17 heavy (non-hydrogen) atoms. The first-order valence-corrected chi connectivity index (χ1v) is 6.96. The van der Waals surface area contributed by atoms with E-state index in [-0.39, 0.29) is 18.6 Å². The Labute approximate surface area is 103 Å². The van der Waals surface area contributed by atoms with Crippen LogP contribution in [0.1, 0.15) is 44.9 Å². The third-order valence-electron chi connectivity index (χ3n) is 4.01. The van der Waals surface area contributed by atoms with Crippen LogP contribution in [-0.4, -0.2) is 41.8 Å². The van der Waals surface area contributed by atoms with Crippen LogP contribution < -0.4 is 5.32 Å². The molecular weight excluding hydrogens is 216 g/mol. The van der Waals surface area contributed by atoms with E-state index in [0.717, 1.165) is 32.4 Å². The van der Waals surface area contributed by atoms with Crippen LogP contribution in [0.3, 0.4) is 0 Å². The van der Waals surface area contributed by atoms with Crippen molar-refractivity contribution in [3.8, 4) is 0 Å². The normalized spacial score (nSPS) is 26.9. The lowest BCUT2D eigenvalue weighted by Crippen LogP contribution is -2.43. The molecule has 1 aliphatic heterocycles. The monoisotopic (exact) mass is 240 g/mol. The summed E-state index contributed by atoms with van der Waals surface area (Å²) in [4.78, 5) is 13.9. The maximum Gasteiger partial charge on any atom is 0.317 e. The van der Waals surface area contributed by atoms with Crippen molar-refractivity contribution in [1.82, 2.24) is 10.2 Å². The van der Waals surface area contributed by atoms with E-state index in [1.807, 2.05) is 4.90 Å². The standard InChI is InChI=1S/C13H24N2O2/c16-10-11-7-8-15(9-11)13(17)14-12-5-3-1-2-4-6-12/h11-12,16H,1-10H2,(H,14,17). The fourth-order valence-electron chi connectivity index (χ4n) is 2.86. The van der Waals surface area contributed by atoms with Gasteiger partial charge in [-0.15, -0.1) is 0 Å². The number of nitrogens with zero attached hydrogens (tertiary/aromatic N) is 1. The highest BCUT2D eigenvalue weighted by Crippen LogP contribution is 2.19. The molecule has 1 unspecified atom stereocenters. The van der Waals surface area contributed by atoms with Gasteiger partial charge in [0.15, 0.2) is 0 Å². The Kier molecular flexibility index (Phi) is 4.66. The average Bonchev–Trinajstić information content (AvgIpc) is 2.68. The number of rotatable bonds is 2. The van der Waals surface area contributed by atoms with E-state index in [0.29, 0.717) is 6.04 Å². The van der Waals surface area contributed by atoms with Crippen molar-refractivity contribution in [2.45, 2.75) is 51.0 Å². The number of aliphatic hydroxyl groups is 1. The van der Waals surface area contributed by atoms with Crippen LogP contribution in [0.25, 0.3) is 0 Å². The summed E-state index contributed by atoms with van der Waals surface area (Å²) >= 11 is 0. The molecule has 4 nitrogen and oxygen atoms in total. The predicted octanol–water partition coefficient (Wildman–Crippen LogP) is 1.73. The SMILES string of the molecule is O=C(NC1CCCCCC1)N1CCC(CO)C1. The number of hydrogen-bond donors (Lipinski definition) is 2. The fourth-order valence-corrected chi connectivity index (χ4v) is 2.86. The number of amides is 2.